The SMILES string of the molecule is CCCCCCOc1c(Br)cc(C2C(C(=O)Nc3ccccc3OCC)=C(C)Nc3nnnn32)cc1OC. The minimum atomic E-state index is -0.621. The van der Waals surface area contributed by atoms with E-state index in [1.165, 1.54) is 6.42 Å². The summed E-state index contributed by atoms with van der Waals surface area (Å²) >= 11 is 3.66. The number of hydrogen-bond donors (Lipinski definition) is 2. The molecule has 2 aromatic carbocycles. The fourth-order valence-electron chi connectivity index (χ4n) is 4.40. The van der Waals surface area contributed by atoms with Crippen molar-refractivity contribution in [2.45, 2.75) is 52.5 Å². The third kappa shape index (κ3) is 5.93. The van der Waals surface area contributed by atoms with Gasteiger partial charge in [0.15, 0.2) is 11.5 Å². The number of benzene rings is 2. The second kappa shape index (κ2) is 12.8. The summed E-state index contributed by atoms with van der Waals surface area (Å²) in [6, 6.07) is 10.5. The number of hydrogen-bond acceptors (Lipinski definition) is 8. The Labute approximate surface area is 230 Å². The summed E-state index contributed by atoms with van der Waals surface area (Å²) in [5.74, 6) is 1.90. The van der Waals surface area contributed by atoms with Gasteiger partial charge >= 0.3 is 0 Å². The molecule has 202 valence electrons. The first-order valence-corrected chi connectivity index (χ1v) is 13.6. The Morgan fingerprint density at radius 1 is 1.13 bits per heavy atom. The number of unbranched alkanes of at least 4 members (excludes halogenated alkanes) is 3. The van der Waals surface area contributed by atoms with Gasteiger partial charge in [0.1, 0.15) is 11.8 Å². The molecule has 0 aliphatic carbocycles. The van der Waals surface area contributed by atoms with Crippen molar-refractivity contribution in [1.29, 1.82) is 0 Å². The van der Waals surface area contributed by atoms with Gasteiger partial charge in [-0.05, 0) is 76.5 Å². The first-order valence-electron chi connectivity index (χ1n) is 12.8. The first kappa shape index (κ1) is 27.4. The number of rotatable bonds is 12. The number of halogens is 1. The average molecular weight is 586 g/mol. The molecule has 11 heteroatoms. The third-order valence-corrected chi connectivity index (χ3v) is 6.79. The van der Waals surface area contributed by atoms with Crippen molar-refractivity contribution in [2.24, 2.45) is 0 Å². The average Bonchev–Trinajstić information content (AvgIpc) is 3.37. The molecular formula is C27H33BrN6O4. The summed E-state index contributed by atoms with van der Waals surface area (Å²) in [6.45, 7) is 6.97. The smallest absolute Gasteiger partial charge is 0.255 e. The minimum absolute atomic E-state index is 0.306. The van der Waals surface area contributed by atoms with Gasteiger partial charge in [-0.15, -0.1) is 0 Å². The van der Waals surface area contributed by atoms with Gasteiger partial charge in [-0.2, -0.15) is 4.68 Å². The lowest BCUT2D eigenvalue weighted by molar-refractivity contribution is -0.113. The van der Waals surface area contributed by atoms with Crippen LogP contribution in [-0.4, -0.2) is 46.4 Å². The second-order valence-electron chi connectivity index (χ2n) is 8.84. The summed E-state index contributed by atoms with van der Waals surface area (Å²) < 4.78 is 19.8. The third-order valence-electron chi connectivity index (χ3n) is 6.21. The summed E-state index contributed by atoms with van der Waals surface area (Å²) in [5, 5.41) is 18.3. The molecule has 2 N–H and O–H groups in total. The lowest BCUT2D eigenvalue weighted by atomic mass is 9.94. The van der Waals surface area contributed by atoms with Crippen molar-refractivity contribution in [2.75, 3.05) is 31.0 Å². The van der Waals surface area contributed by atoms with Crippen molar-refractivity contribution in [3.05, 3.63) is 57.7 Å². The quantitative estimate of drug-likeness (QED) is 0.259. The van der Waals surface area contributed by atoms with Crippen molar-refractivity contribution >= 4 is 33.5 Å². The number of allylic oxidation sites excluding steroid dienone is 1. The fraction of sp³-hybridized carbons (Fsp3) is 0.407. The molecule has 38 heavy (non-hydrogen) atoms. The standard InChI is InChI=1S/C27H33BrN6O4/c1-5-7-8-11-14-38-25-19(28)15-18(16-22(25)36-4)24-23(17(3)29-27-31-32-33-34(24)27)26(35)30-20-12-9-10-13-21(20)37-6-2/h9-10,12-13,15-16,24H,5-8,11,14H2,1-4H3,(H,30,35)(H,29,31,33). The molecule has 4 rings (SSSR count). The highest BCUT2D eigenvalue weighted by molar-refractivity contribution is 9.10. The van der Waals surface area contributed by atoms with E-state index in [9.17, 15) is 4.79 Å². The maximum absolute atomic E-state index is 13.8. The van der Waals surface area contributed by atoms with Crippen LogP contribution >= 0.6 is 15.9 Å². The van der Waals surface area contributed by atoms with Gasteiger partial charge in [0, 0.05) is 5.70 Å². The van der Waals surface area contributed by atoms with Crippen LogP contribution in [0.2, 0.25) is 0 Å². The predicted molar refractivity (Wildman–Crippen MR) is 149 cm³/mol. The van der Waals surface area contributed by atoms with Crippen LogP contribution in [0.5, 0.6) is 17.2 Å². The minimum Gasteiger partial charge on any atom is -0.493 e. The van der Waals surface area contributed by atoms with Crippen LogP contribution in [0.4, 0.5) is 11.6 Å². The van der Waals surface area contributed by atoms with E-state index in [1.54, 1.807) is 17.9 Å². The maximum Gasteiger partial charge on any atom is 0.255 e. The van der Waals surface area contributed by atoms with Gasteiger partial charge in [-0.3, -0.25) is 4.79 Å². The predicted octanol–water partition coefficient (Wildman–Crippen LogP) is 5.73. The van der Waals surface area contributed by atoms with Crippen LogP contribution < -0.4 is 24.8 Å². The number of carbonyl (C=O) groups excluding carboxylic acids is 1. The number of nitrogens with one attached hydrogen (secondary N) is 2. The molecule has 0 fully saturated rings. The van der Waals surface area contributed by atoms with E-state index in [1.807, 2.05) is 44.2 Å². The molecule has 0 saturated carbocycles. The molecule has 1 unspecified atom stereocenters. The van der Waals surface area contributed by atoms with Crippen LogP contribution in [0.15, 0.2) is 52.1 Å². The highest BCUT2D eigenvalue weighted by Crippen LogP contribution is 2.43. The van der Waals surface area contributed by atoms with Crippen molar-refractivity contribution in [3.63, 3.8) is 0 Å². The van der Waals surface area contributed by atoms with Crippen LogP contribution in [-0.2, 0) is 4.79 Å². The molecular weight excluding hydrogens is 552 g/mol. The van der Waals surface area contributed by atoms with Gasteiger partial charge in [-0.25, -0.2) is 0 Å². The number of fused-ring (bicyclic) bond motifs is 1. The van der Waals surface area contributed by atoms with Gasteiger partial charge in [0.25, 0.3) is 5.91 Å². The normalized spacial score (nSPS) is 14.5. The lowest BCUT2D eigenvalue weighted by Crippen LogP contribution is -2.31. The van der Waals surface area contributed by atoms with E-state index in [4.69, 9.17) is 14.2 Å². The van der Waals surface area contributed by atoms with Gasteiger partial charge < -0.3 is 24.8 Å². The second-order valence-corrected chi connectivity index (χ2v) is 9.69. The van der Waals surface area contributed by atoms with Crippen molar-refractivity contribution < 1.29 is 19.0 Å². The largest absolute Gasteiger partial charge is 0.493 e. The topological polar surface area (TPSA) is 112 Å². The van der Waals surface area contributed by atoms with Crippen molar-refractivity contribution in [1.82, 2.24) is 20.2 Å². The molecule has 10 nitrogen and oxygen atoms in total. The molecule has 0 saturated heterocycles. The number of para-hydroxylation sites is 2. The van der Waals surface area contributed by atoms with E-state index in [-0.39, 0.29) is 5.91 Å². The number of methoxy groups -OCH3 is 1. The molecule has 0 bridgehead atoms. The molecule has 1 atom stereocenters. The Bertz CT molecular complexity index is 1310. The number of anilines is 2. The van der Waals surface area contributed by atoms with E-state index < -0.39 is 6.04 Å². The summed E-state index contributed by atoms with van der Waals surface area (Å²) in [6.07, 6.45) is 4.41. The van der Waals surface area contributed by atoms with Crippen LogP contribution in [0, 0.1) is 0 Å². The Kier molecular flexibility index (Phi) is 9.22. The summed E-state index contributed by atoms with van der Waals surface area (Å²) in [7, 11) is 1.60. The van der Waals surface area contributed by atoms with E-state index in [0.29, 0.717) is 53.4 Å². The maximum atomic E-state index is 13.8. The van der Waals surface area contributed by atoms with Crippen LogP contribution in [0.1, 0.15) is 58.1 Å². The zero-order chi connectivity index (χ0) is 27.1. The van der Waals surface area contributed by atoms with Crippen molar-refractivity contribution in [3.8, 4) is 17.2 Å². The number of ether oxygens (including phenoxy) is 3. The van der Waals surface area contributed by atoms with Crippen LogP contribution in [0.25, 0.3) is 0 Å². The Balaban J connectivity index is 1.69. The molecule has 1 aliphatic heterocycles. The Morgan fingerprint density at radius 2 is 1.95 bits per heavy atom. The highest BCUT2D eigenvalue weighted by atomic mass is 79.9. The van der Waals surface area contributed by atoms with Gasteiger partial charge in [-0.1, -0.05) is 43.4 Å². The molecule has 2 heterocycles. The summed E-state index contributed by atoms with van der Waals surface area (Å²) in [4.78, 5) is 13.8. The number of nitrogens with zero attached hydrogens (tertiary/aromatic N) is 4. The lowest BCUT2D eigenvalue weighted by Gasteiger charge is -2.29. The van der Waals surface area contributed by atoms with E-state index in [2.05, 4.69) is 49.0 Å². The Morgan fingerprint density at radius 3 is 2.71 bits per heavy atom. The van der Waals surface area contributed by atoms with Gasteiger partial charge in [0.05, 0.1) is 36.1 Å². The molecule has 1 aliphatic rings. The van der Waals surface area contributed by atoms with Crippen LogP contribution in [0.3, 0.4) is 0 Å². The molecule has 1 aromatic heterocycles. The summed E-state index contributed by atoms with van der Waals surface area (Å²) in [5.41, 5.74) is 2.42. The molecule has 0 spiro atoms. The first-order chi connectivity index (χ1) is 18.5. The molecule has 0 radical (unpaired) electrons. The van der Waals surface area contributed by atoms with Gasteiger partial charge in [0.2, 0.25) is 5.95 Å². The molecule has 3 aromatic rings. The van der Waals surface area contributed by atoms with E-state index >= 15 is 0 Å². The number of tetrazole rings is 1. The molecule has 1 amide bonds. The fourth-order valence-corrected chi connectivity index (χ4v) is 4.97. The highest BCUT2D eigenvalue weighted by Gasteiger charge is 2.35. The Hall–Kier alpha value is -3.60. The monoisotopic (exact) mass is 584 g/mol. The zero-order valence-electron chi connectivity index (χ0n) is 22.1. The van der Waals surface area contributed by atoms with E-state index in [0.717, 1.165) is 29.3 Å². The zero-order valence-corrected chi connectivity index (χ0v) is 23.7. The number of carbonyl (C=O) groups is 1. The number of aromatic nitrogens is 4. The number of amides is 1.